The Morgan fingerprint density at radius 3 is 0.810 bits per heavy atom. The number of carbonyl (C=O) groups is 3. The predicted octanol–water partition coefficient (Wildman–Crippen LogP) is 22.8. The molecule has 0 aromatic carbocycles. The molecule has 0 spiro atoms. The van der Waals surface area contributed by atoms with Crippen LogP contribution in [0.2, 0.25) is 0 Å². The Labute approximate surface area is 488 Å². The summed E-state index contributed by atoms with van der Waals surface area (Å²) in [5.41, 5.74) is 0. The molecule has 0 heterocycles. The lowest BCUT2D eigenvalue weighted by Crippen LogP contribution is -2.30. The maximum absolute atomic E-state index is 12.8. The highest BCUT2D eigenvalue weighted by Gasteiger charge is 2.19. The molecule has 0 aliphatic carbocycles. The zero-order valence-corrected chi connectivity index (χ0v) is 51.6. The number of carbonyl (C=O) groups excluding carboxylic acids is 3. The zero-order chi connectivity index (χ0) is 57.1. The molecule has 0 bridgehead atoms. The summed E-state index contributed by atoms with van der Waals surface area (Å²) < 4.78 is 16.8. The van der Waals surface area contributed by atoms with Crippen molar-refractivity contribution in [2.75, 3.05) is 13.2 Å². The molecule has 0 aromatic rings. The first kappa shape index (κ1) is 74.8. The molecule has 79 heavy (non-hydrogen) atoms. The molecule has 0 aliphatic heterocycles. The van der Waals surface area contributed by atoms with Gasteiger partial charge in [-0.2, -0.15) is 0 Å². The van der Waals surface area contributed by atoms with E-state index >= 15 is 0 Å². The Balaban J connectivity index is 4.11. The van der Waals surface area contributed by atoms with Crippen LogP contribution in [-0.4, -0.2) is 37.2 Å². The molecule has 0 saturated heterocycles. The summed E-state index contributed by atoms with van der Waals surface area (Å²) in [4.78, 5) is 38.2. The van der Waals surface area contributed by atoms with E-state index in [4.69, 9.17) is 14.2 Å². The van der Waals surface area contributed by atoms with Gasteiger partial charge in [0.05, 0.1) is 0 Å². The van der Waals surface area contributed by atoms with Gasteiger partial charge < -0.3 is 14.2 Å². The van der Waals surface area contributed by atoms with Crippen molar-refractivity contribution in [3.63, 3.8) is 0 Å². The van der Waals surface area contributed by atoms with Crippen LogP contribution < -0.4 is 0 Å². The Morgan fingerprint density at radius 1 is 0.266 bits per heavy atom. The smallest absolute Gasteiger partial charge is 0.306 e. The quantitative estimate of drug-likeness (QED) is 0.0261. The van der Waals surface area contributed by atoms with Gasteiger partial charge in [-0.1, -0.05) is 284 Å². The molecular weight excluding hydrogens is 973 g/mol. The average Bonchev–Trinajstić information content (AvgIpc) is 3.45. The van der Waals surface area contributed by atoms with E-state index in [0.29, 0.717) is 19.3 Å². The van der Waals surface area contributed by atoms with Gasteiger partial charge in [0, 0.05) is 19.3 Å². The van der Waals surface area contributed by atoms with Gasteiger partial charge in [-0.05, 0) is 122 Å². The standard InChI is InChI=1S/C73H122O6/c1-4-7-10-13-16-19-22-24-26-27-28-29-30-31-32-33-34-35-36-37-38-39-40-41-42-43-44-45-47-48-51-54-57-60-63-66-72(75)78-69-70(68-77-71(74)65-62-59-56-53-50-21-18-15-12-9-6-3)79-73(76)67-64-61-58-55-52-49-46-25-23-20-17-14-11-8-5-2/h7-8,10-11,15-20,24-26,28-29,31-32,46,52,55,70H,4-6,9,12-14,21-23,27,30,33-45,47-51,53-54,56-69H2,1-3H3/b10-7-,11-8-,18-15-,19-16-,20-17-,26-24-,29-28-,32-31-,46-25-,55-52-. The minimum Gasteiger partial charge on any atom is -0.462 e. The van der Waals surface area contributed by atoms with Gasteiger partial charge in [-0.15, -0.1) is 0 Å². The first-order valence-electron chi connectivity index (χ1n) is 33.0. The number of allylic oxidation sites excluding steroid dienone is 20. The van der Waals surface area contributed by atoms with Crippen LogP contribution in [0, 0.1) is 0 Å². The molecular formula is C73H122O6. The number of esters is 3. The van der Waals surface area contributed by atoms with Crippen molar-refractivity contribution in [3.8, 4) is 0 Å². The lowest BCUT2D eigenvalue weighted by molar-refractivity contribution is -0.167. The molecule has 0 aromatic heterocycles. The van der Waals surface area contributed by atoms with E-state index in [0.717, 1.165) is 122 Å². The fourth-order valence-electron chi connectivity index (χ4n) is 9.03. The molecule has 6 heteroatoms. The van der Waals surface area contributed by atoms with Crippen molar-refractivity contribution >= 4 is 17.9 Å². The topological polar surface area (TPSA) is 78.9 Å². The monoisotopic (exact) mass is 1090 g/mol. The van der Waals surface area contributed by atoms with Crippen LogP contribution in [0.1, 0.15) is 303 Å². The van der Waals surface area contributed by atoms with Crippen LogP contribution in [-0.2, 0) is 28.6 Å². The molecule has 0 saturated carbocycles. The highest BCUT2D eigenvalue weighted by molar-refractivity contribution is 5.71. The lowest BCUT2D eigenvalue weighted by Gasteiger charge is -2.18. The molecule has 6 nitrogen and oxygen atoms in total. The number of ether oxygens (including phenoxy) is 3. The summed E-state index contributed by atoms with van der Waals surface area (Å²) in [5, 5.41) is 0. The summed E-state index contributed by atoms with van der Waals surface area (Å²) >= 11 is 0. The van der Waals surface area contributed by atoms with Gasteiger partial charge in [0.15, 0.2) is 6.10 Å². The lowest BCUT2D eigenvalue weighted by atomic mass is 10.0. The highest BCUT2D eigenvalue weighted by Crippen LogP contribution is 2.17. The third-order valence-corrected chi connectivity index (χ3v) is 13.9. The van der Waals surface area contributed by atoms with Gasteiger partial charge in [0.2, 0.25) is 0 Å². The molecule has 1 unspecified atom stereocenters. The van der Waals surface area contributed by atoms with Gasteiger partial charge in [0.1, 0.15) is 13.2 Å². The Kier molecular flexibility index (Phi) is 62.8. The summed E-state index contributed by atoms with van der Waals surface area (Å²) in [7, 11) is 0. The van der Waals surface area contributed by atoms with Gasteiger partial charge in [0.25, 0.3) is 0 Å². The molecule has 0 radical (unpaired) electrons. The number of unbranched alkanes of at least 4 members (excludes halogenated alkanes) is 28. The highest BCUT2D eigenvalue weighted by atomic mass is 16.6. The van der Waals surface area contributed by atoms with Crippen LogP contribution >= 0.6 is 0 Å². The van der Waals surface area contributed by atoms with E-state index in [9.17, 15) is 14.4 Å². The predicted molar refractivity (Wildman–Crippen MR) is 343 cm³/mol. The van der Waals surface area contributed by atoms with Gasteiger partial charge >= 0.3 is 17.9 Å². The van der Waals surface area contributed by atoms with Gasteiger partial charge in [-0.25, -0.2) is 0 Å². The summed E-state index contributed by atoms with van der Waals surface area (Å²) in [6.07, 6.45) is 92.4. The third kappa shape index (κ3) is 64.5. The van der Waals surface area contributed by atoms with Crippen LogP contribution in [0.25, 0.3) is 0 Å². The fraction of sp³-hybridized carbons (Fsp3) is 0.685. The van der Waals surface area contributed by atoms with Crippen LogP contribution in [0.3, 0.4) is 0 Å². The van der Waals surface area contributed by atoms with Crippen LogP contribution in [0.5, 0.6) is 0 Å². The third-order valence-electron chi connectivity index (χ3n) is 13.9. The minimum absolute atomic E-state index is 0.0962. The second-order valence-electron chi connectivity index (χ2n) is 21.6. The molecule has 0 fully saturated rings. The molecule has 0 rings (SSSR count). The fourth-order valence-corrected chi connectivity index (χ4v) is 9.03. The molecule has 0 amide bonds. The van der Waals surface area contributed by atoms with Crippen molar-refractivity contribution < 1.29 is 28.6 Å². The molecule has 1 atom stereocenters. The maximum Gasteiger partial charge on any atom is 0.306 e. The van der Waals surface area contributed by atoms with Crippen LogP contribution in [0.15, 0.2) is 122 Å². The largest absolute Gasteiger partial charge is 0.462 e. The average molecular weight is 1100 g/mol. The van der Waals surface area contributed by atoms with Crippen molar-refractivity contribution in [2.45, 2.75) is 309 Å². The van der Waals surface area contributed by atoms with Gasteiger partial charge in [-0.3, -0.25) is 14.4 Å². The summed E-state index contributed by atoms with van der Waals surface area (Å²) in [6, 6.07) is 0. The Bertz CT molecular complexity index is 1640. The molecule has 450 valence electrons. The normalized spacial score (nSPS) is 12.9. The van der Waals surface area contributed by atoms with E-state index in [1.165, 1.54) is 135 Å². The number of hydrogen-bond acceptors (Lipinski definition) is 6. The van der Waals surface area contributed by atoms with E-state index < -0.39 is 6.10 Å². The summed E-state index contributed by atoms with van der Waals surface area (Å²) in [6.45, 7) is 6.34. The van der Waals surface area contributed by atoms with E-state index in [-0.39, 0.29) is 37.5 Å². The van der Waals surface area contributed by atoms with Crippen LogP contribution in [0.4, 0.5) is 0 Å². The second kappa shape index (κ2) is 66.3. The maximum atomic E-state index is 12.8. The van der Waals surface area contributed by atoms with Crippen molar-refractivity contribution in [3.05, 3.63) is 122 Å². The summed E-state index contributed by atoms with van der Waals surface area (Å²) in [5.74, 6) is -0.943. The minimum atomic E-state index is -0.803. The van der Waals surface area contributed by atoms with Crippen molar-refractivity contribution in [1.82, 2.24) is 0 Å². The van der Waals surface area contributed by atoms with Crippen molar-refractivity contribution in [1.29, 1.82) is 0 Å². The first-order valence-corrected chi connectivity index (χ1v) is 33.0. The zero-order valence-electron chi connectivity index (χ0n) is 51.6. The second-order valence-corrected chi connectivity index (χ2v) is 21.6. The molecule has 0 N–H and O–H groups in total. The SMILES string of the molecule is CC/C=C\C/C=C\C/C=C\C/C=C\C/C=C\CCCCCCCCCCCCCCCCCCCCCC(=O)OCC(COC(=O)CCCCCCC/C=C\CCCC)OC(=O)CCCC/C=C\C/C=C\C/C=C\C/C=C\CC. The number of rotatable bonds is 59. The van der Waals surface area contributed by atoms with E-state index in [1.807, 2.05) is 0 Å². The van der Waals surface area contributed by atoms with E-state index in [2.05, 4.69) is 142 Å². The molecule has 0 aliphatic rings. The van der Waals surface area contributed by atoms with E-state index in [1.54, 1.807) is 0 Å². The Hall–Kier alpha value is -4.19. The van der Waals surface area contributed by atoms with Crippen molar-refractivity contribution in [2.24, 2.45) is 0 Å². The first-order chi connectivity index (χ1) is 39.0. The number of hydrogen-bond donors (Lipinski definition) is 0. The Morgan fingerprint density at radius 2 is 0.494 bits per heavy atom.